The van der Waals surface area contributed by atoms with Crippen molar-refractivity contribution in [3.05, 3.63) is 17.5 Å². The summed E-state index contributed by atoms with van der Waals surface area (Å²) in [6, 6.07) is 0. The second-order valence-electron chi connectivity index (χ2n) is 9.49. The van der Waals surface area contributed by atoms with Crippen molar-refractivity contribution in [3.63, 3.8) is 0 Å². The van der Waals surface area contributed by atoms with E-state index in [1.54, 1.807) is 0 Å². The molecule has 0 saturated heterocycles. The Morgan fingerprint density at radius 1 is 1.32 bits per heavy atom. The summed E-state index contributed by atoms with van der Waals surface area (Å²) in [5.41, 5.74) is 2.83. The topological polar surface area (TPSA) is 62.4 Å². The van der Waals surface area contributed by atoms with Crippen molar-refractivity contribution in [2.75, 3.05) is 47.0 Å². The van der Waals surface area contributed by atoms with E-state index in [9.17, 15) is 0 Å². The predicted molar refractivity (Wildman–Crippen MR) is 115 cm³/mol. The number of aromatic nitrogens is 2. The Labute approximate surface area is 171 Å². The molecule has 0 bridgehead atoms. The van der Waals surface area contributed by atoms with Gasteiger partial charge in [-0.2, -0.15) is 5.10 Å². The summed E-state index contributed by atoms with van der Waals surface area (Å²) in [6.07, 6.45) is 5.64. The van der Waals surface area contributed by atoms with Crippen LogP contribution in [-0.4, -0.2) is 68.2 Å². The van der Waals surface area contributed by atoms with E-state index in [0.717, 1.165) is 58.7 Å². The zero-order valence-electron chi connectivity index (χ0n) is 18.9. The summed E-state index contributed by atoms with van der Waals surface area (Å²) in [5, 5.41) is 10.9. The van der Waals surface area contributed by atoms with E-state index in [4.69, 9.17) is 9.47 Å². The number of hydrogen-bond donors (Lipinski definition) is 2. The first-order chi connectivity index (χ1) is 13.3. The van der Waals surface area contributed by atoms with Gasteiger partial charge in [0, 0.05) is 49.3 Å². The van der Waals surface area contributed by atoms with Gasteiger partial charge in [0.2, 0.25) is 0 Å². The molecule has 1 aromatic heterocycles. The van der Waals surface area contributed by atoms with Crippen LogP contribution >= 0.6 is 0 Å². The largest absolute Gasteiger partial charge is 0.381 e. The smallest absolute Gasteiger partial charge is 0.0626 e. The standard InChI is InChI=1S/C22H42N4O2/c1-7-27-15-18-12-17(8-9-20(18)28-16-22(2,3)4)21-19(13-24-25-21)14-26(6)11-10-23-5/h13,17-18,20,23H,7-12,14-16H2,1-6H3,(H,24,25)/t17-,18?,20+/m1/s1. The Kier molecular flexibility index (Phi) is 9.41. The van der Waals surface area contributed by atoms with Gasteiger partial charge in [-0.3, -0.25) is 5.10 Å². The van der Waals surface area contributed by atoms with E-state index in [1.807, 2.05) is 13.2 Å². The third kappa shape index (κ3) is 7.47. The van der Waals surface area contributed by atoms with Gasteiger partial charge in [0.15, 0.2) is 0 Å². The molecule has 2 N–H and O–H groups in total. The predicted octanol–water partition coefficient (Wildman–Crippen LogP) is 3.41. The molecule has 0 aliphatic heterocycles. The van der Waals surface area contributed by atoms with Crippen molar-refractivity contribution >= 4 is 0 Å². The maximum Gasteiger partial charge on any atom is 0.0626 e. The highest BCUT2D eigenvalue weighted by molar-refractivity contribution is 5.21. The Morgan fingerprint density at radius 3 is 2.79 bits per heavy atom. The van der Waals surface area contributed by atoms with E-state index in [2.05, 4.69) is 55.2 Å². The average Bonchev–Trinajstić information content (AvgIpc) is 3.10. The molecule has 162 valence electrons. The zero-order chi connectivity index (χ0) is 20.6. The first kappa shape index (κ1) is 23.3. The first-order valence-electron chi connectivity index (χ1n) is 10.9. The van der Waals surface area contributed by atoms with Crippen molar-refractivity contribution in [2.45, 2.75) is 65.5 Å². The third-order valence-electron chi connectivity index (χ3n) is 5.52. The zero-order valence-corrected chi connectivity index (χ0v) is 18.9. The quantitative estimate of drug-likeness (QED) is 0.602. The summed E-state index contributed by atoms with van der Waals surface area (Å²) in [5.74, 6) is 0.953. The van der Waals surface area contributed by atoms with E-state index < -0.39 is 0 Å². The summed E-state index contributed by atoms with van der Waals surface area (Å²) < 4.78 is 12.2. The van der Waals surface area contributed by atoms with Crippen molar-refractivity contribution in [1.29, 1.82) is 0 Å². The lowest BCUT2D eigenvalue weighted by atomic mass is 9.77. The molecule has 1 unspecified atom stereocenters. The molecule has 0 spiro atoms. The van der Waals surface area contributed by atoms with Crippen LogP contribution in [0.25, 0.3) is 0 Å². The molecule has 2 rings (SSSR count). The van der Waals surface area contributed by atoms with Gasteiger partial charge < -0.3 is 19.7 Å². The fourth-order valence-corrected chi connectivity index (χ4v) is 3.99. The van der Waals surface area contributed by atoms with E-state index in [0.29, 0.717) is 17.9 Å². The monoisotopic (exact) mass is 394 g/mol. The van der Waals surface area contributed by atoms with E-state index in [1.165, 1.54) is 11.3 Å². The van der Waals surface area contributed by atoms with Gasteiger partial charge in [0.1, 0.15) is 0 Å². The maximum atomic E-state index is 6.34. The van der Waals surface area contributed by atoms with Gasteiger partial charge in [-0.1, -0.05) is 20.8 Å². The fourth-order valence-electron chi connectivity index (χ4n) is 3.99. The van der Waals surface area contributed by atoms with Crippen LogP contribution < -0.4 is 5.32 Å². The van der Waals surface area contributed by atoms with E-state index in [-0.39, 0.29) is 5.41 Å². The fraction of sp³-hybridized carbons (Fsp3) is 0.864. The molecule has 28 heavy (non-hydrogen) atoms. The van der Waals surface area contributed by atoms with Gasteiger partial charge >= 0.3 is 0 Å². The van der Waals surface area contributed by atoms with Gasteiger partial charge in [0.05, 0.1) is 25.5 Å². The molecule has 6 nitrogen and oxygen atoms in total. The number of ether oxygens (including phenoxy) is 2. The van der Waals surface area contributed by atoms with Crippen LogP contribution in [-0.2, 0) is 16.0 Å². The number of likely N-dealkylation sites (N-methyl/N-ethyl adjacent to an activating group) is 2. The highest BCUT2D eigenvalue weighted by Gasteiger charge is 2.34. The molecule has 1 aliphatic rings. The van der Waals surface area contributed by atoms with Gasteiger partial charge in [-0.15, -0.1) is 0 Å². The Morgan fingerprint density at radius 2 is 2.11 bits per heavy atom. The molecular formula is C22H42N4O2. The lowest BCUT2D eigenvalue weighted by Gasteiger charge is -2.37. The lowest BCUT2D eigenvalue weighted by molar-refractivity contribution is -0.0665. The molecule has 1 aromatic rings. The highest BCUT2D eigenvalue weighted by atomic mass is 16.5. The molecule has 0 radical (unpaired) electrons. The number of rotatable bonds is 11. The van der Waals surface area contributed by atoms with Gasteiger partial charge in [-0.05, 0) is 45.7 Å². The molecule has 1 fully saturated rings. The SMILES string of the molecule is CCOCC1C[C@H](c2[nH]ncc2CN(C)CCNC)CC[C@@H]1OCC(C)(C)C. The summed E-state index contributed by atoms with van der Waals surface area (Å²) in [7, 11) is 4.17. The highest BCUT2D eigenvalue weighted by Crippen LogP contribution is 2.39. The summed E-state index contributed by atoms with van der Waals surface area (Å²) in [6.45, 7) is 14.1. The van der Waals surface area contributed by atoms with Crippen LogP contribution in [0.5, 0.6) is 0 Å². The Balaban J connectivity index is 2.01. The molecular weight excluding hydrogens is 352 g/mol. The van der Waals surface area contributed by atoms with Crippen LogP contribution in [0.15, 0.2) is 6.20 Å². The van der Waals surface area contributed by atoms with Gasteiger partial charge in [0.25, 0.3) is 0 Å². The number of hydrogen-bond acceptors (Lipinski definition) is 5. The second-order valence-corrected chi connectivity index (χ2v) is 9.49. The molecule has 3 atom stereocenters. The Hall–Kier alpha value is -0.950. The normalized spacial score (nSPS) is 23.5. The third-order valence-corrected chi connectivity index (χ3v) is 5.52. The molecule has 1 heterocycles. The number of H-pyrrole nitrogens is 1. The minimum atomic E-state index is 0.196. The van der Waals surface area contributed by atoms with Crippen molar-refractivity contribution in [3.8, 4) is 0 Å². The minimum absolute atomic E-state index is 0.196. The van der Waals surface area contributed by atoms with Crippen molar-refractivity contribution < 1.29 is 9.47 Å². The van der Waals surface area contributed by atoms with E-state index >= 15 is 0 Å². The second kappa shape index (κ2) is 11.3. The first-order valence-corrected chi connectivity index (χ1v) is 10.9. The van der Waals surface area contributed by atoms with Crippen molar-refractivity contribution in [1.82, 2.24) is 20.4 Å². The number of nitrogens with one attached hydrogen (secondary N) is 2. The average molecular weight is 395 g/mol. The summed E-state index contributed by atoms with van der Waals surface area (Å²) >= 11 is 0. The summed E-state index contributed by atoms with van der Waals surface area (Å²) in [4.78, 5) is 2.35. The minimum Gasteiger partial charge on any atom is -0.381 e. The maximum absolute atomic E-state index is 6.34. The van der Waals surface area contributed by atoms with Crippen LogP contribution in [0, 0.1) is 11.3 Å². The van der Waals surface area contributed by atoms with Gasteiger partial charge in [-0.25, -0.2) is 0 Å². The molecule has 0 aromatic carbocycles. The lowest BCUT2D eigenvalue weighted by Crippen LogP contribution is -2.36. The molecule has 1 saturated carbocycles. The Bertz CT molecular complexity index is 555. The van der Waals surface area contributed by atoms with Crippen molar-refractivity contribution in [2.24, 2.45) is 11.3 Å². The van der Waals surface area contributed by atoms with Crippen LogP contribution in [0.2, 0.25) is 0 Å². The molecule has 6 heteroatoms. The van der Waals surface area contributed by atoms with Crippen LogP contribution in [0.4, 0.5) is 0 Å². The van der Waals surface area contributed by atoms with Crippen LogP contribution in [0.3, 0.4) is 0 Å². The number of nitrogens with zero attached hydrogens (tertiary/aromatic N) is 2. The van der Waals surface area contributed by atoms with Crippen LogP contribution in [0.1, 0.15) is 64.1 Å². The molecule has 0 amide bonds. The number of aromatic amines is 1. The molecule has 1 aliphatic carbocycles.